The number of nitrogens with one attached hydrogen (secondary N) is 1. The number of benzene rings is 1. The van der Waals surface area contributed by atoms with Crippen LogP contribution in [0.25, 0.3) is 10.9 Å². The molecule has 2 heterocycles. The maximum atomic E-state index is 12.6. The van der Waals surface area contributed by atoms with Gasteiger partial charge in [0, 0.05) is 13.1 Å². The molecule has 1 aromatic carbocycles. The number of ether oxygens (including phenoxy) is 2. The SMILES string of the molecule is C[C@H](OC(=O)C1CCN(C(=O)OC(C)(C)C)CC1)c1nc2ccccc2c(=O)[nH]1. The van der Waals surface area contributed by atoms with Crippen LogP contribution in [0.3, 0.4) is 0 Å². The molecule has 29 heavy (non-hydrogen) atoms. The highest BCUT2D eigenvalue weighted by Crippen LogP contribution is 2.23. The molecule has 1 amide bonds. The lowest BCUT2D eigenvalue weighted by Crippen LogP contribution is -2.43. The smallest absolute Gasteiger partial charge is 0.410 e. The Balaban J connectivity index is 1.58. The molecule has 1 atom stereocenters. The minimum atomic E-state index is -0.677. The Morgan fingerprint density at radius 2 is 1.86 bits per heavy atom. The third kappa shape index (κ3) is 5.13. The summed E-state index contributed by atoms with van der Waals surface area (Å²) < 4.78 is 10.9. The fourth-order valence-corrected chi connectivity index (χ4v) is 3.25. The Labute approximate surface area is 169 Å². The predicted molar refractivity (Wildman–Crippen MR) is 107 cm³/mol. The molecule has 0 saturated carbocycles. The van der Waals surface area contributed by atoms with Gasteiger partial charge in [0.1, 0.15) is 5.60 Å². The van der Waals surface area contributed by atoms with Crippen molar-refractivity contribution in [1.29, 1.82) is 0 Å². The number of carbonyl (C=O) groups is 2. The summed E-state index contributed by atoms with van der Waals surface area (Å²) in [6.07, 6.45) is -0.0295. The van der Waals surface area contributed by atoms with Crippen molar-refractivity contribution >= 4 is 23.0 Å². The number of aromatic nitrogens is 2. The second kappa shape index (κ2) is 8.23. The number of piperidine rings is 1. The summed E-state index contributed by atoms with van der Waals surface area (Å²) in [5.74, 6) is -0.339. The third-order valence-corrected chi connectivity index (χ3v) is 4.79. The number of nitrogens with zero attached hydrogens (tertiary/aromatic N) is 2. The van der Waals surface area contributed by atoms with E-state index in [1.165, 1.54) is 0 Å². The van der Waals surface area contributed by atoms with Gasteiger partial charge >= 0.3 is 12.1 Å². The Morgan fingerprint density at radius 3 is 2.52 bits per heavy atom. The number of para-hydroxylation sites is 1. The summed E-state index contributed by atoms with van der Waals surface area (Å²) in [6.45, 7) is 8.02. The van der Waals surface area contributed by atoms with Crippen molar-refractivity contribution in [2.45, 2.75) is 52.2 Å². The van der Waals surface area contributed by atoms with Crippen molar-refractivity contribution in [2.24, 2.45) is 5.92 Å². The Morgan fingerprint density at radius 1 is 1.21 bits per heavy atom. The molecule has 0 radical (unpaired) electrons. The largest absolute Gasteiger partial charge is 0.454 e. The molecule has 8 nitrogen and oxygen atoms in total. The minimum absolute atomic E-state index is 0.265. The molecule has 1 N–H and O–H groups in total. The van der Waals surface area contributed by atoms with E-state index in [1.54, 1.807) is 36.1 Å². The topological polar surface area (TPSA) is 102 Å². The number of likely N-dealkylation sites (tertiary alicyclic amines) is 1. The van der Waals surface area contributed by atoms with E-state index >= 15 is 0 Å². The van der Waals surface area contributed by atoms with Crippen LogP contribution in [0.5, 0.6) is 0 Å². The molecule has 1 fully saturated rings. The van der Waals surface area contributed by atoms with E-state index in [0.29, 0.717) is 42.7 Å². The van der Waals surface area contributed by atoms with E-state index < -0.39 is 11.7 Å². The first-order chi connectivity index (χ1) is 13.6. The summed E-state index contributed by atoms with van der Waals surface area (Å²) in [7, 11) is 0. The van der Waals surface area contributed by atoms with Crippen molar-refractivity contribution in [2.75, 3.05) is 13.1 Å². The molecular weight excluding hydrogens is 374 g/mol. The highest BCUT2D eigenvalue weighted by atomic mass is 16.6. The lowest BCUT2D eigenvalue weighted by atomic mass is 9.97. The fourth-order valence-electron chi connectivity index (χ4n) is 3.25. The van der Waals surface area contributed by atoms with Crippen molar-refractivity contribution in [1.82, 2.24) is 14.9 Å². The van der Waals surface area contributed by atoms with Gasteiger partial charge < -0.3 is 19.4 Å². The van der Waals surface area contributed by atoms with Crippen molar-refractivity contribution in [3.05, 3.63) is 40.4 Å². The molecule has 1 aromatic heterocycles. The number of H-pyrrole nitrogens is 1. The number of amides is 1. The highest BCUT2D eigenvalue weighted by Gasteiger charge is 2.31. The van der Waals surface area contributed by atoms with Gasteiger partial charge in [0.05, 0.1) is 16.8 Å². The van der Waals surface area contributed by atoms with E-state index in [9.17, 15) is 14.4 Å². The van der Waals surface area contributed by atoms with E-state index in [1.807, 2.05) is 20.8 Å². The van der Waals surface area contributed by atoms with E-state index in [-0.39, 0.29) is 23.5 Å². The van der Waals surface area contributed by atoms with Crippen LogP contribution in [0, 0.1) is 5.92 Å². The number of hydrogen-bond donors (Lipinski definition) is 1. The van der Waals surface area contributed by atoms with Crippen LogP contribution in [0.2, 0.25) is 0 Å². The van der Waals surface area contributed by atoms with Crippen LogP contribution < -0.4 is 5.56 Å². The maximum absolute atomic E-state index is 12.6. The average molecular weight is 401 g/mol. The van der Waals surface area contributed by atoms with Crippen molar-refractivity contribution in [3.63, 3.8) is 0 Å². The number of hydrogen-bond acceptors (Lipinski definition) is 6. The van der Waals surface area contributed by atoms with Gasteiger partial charge in [-0.05, 0) is 52.7 Å². The van der Waals surface area contributed by atoms with E-state index in [2.05, 4.69) is 9.97 Å². The molecule has 0 unspecified atom stereocenters. The number of fused-ring (bicyclic) bond motifs is 1. The molecule has 1 aliphatic rings. The van der Waals surface area contributed by atoms with Gasteiger partial charge in [-0.25, -0.2) is 9.78 Å². The van der Waals surface area contributed by atoms with Gasteiger partial charge in [0.25, 0.3) is 5.56 Å². The Bertz CT molecular complexity index is 955. The highest BCUT2D eigenvalue weighted by molar-refractivity contribution is 5.77. The van der Waals surface area contributed by atoms with Crippen LogP contribution in [0.15, 0.2) is 29.1 Å². The number of carbonyl (C=O) groups excluding carboxylic acids is 2. The predicted octanol–water partition coefficient (Wildman–Crippen LogP) is 3.17. The van der Waals surface area contributed by atoms with E-state index in [0.717, 1.165) is 0 Å². The molecule has 1 saturated heterocycles. The molecule has 3 rings (SSSR count). The van der Waals surface area contributed by atoms with Crippen LogP contribution in [0.1, 0.15) is 52.5 Å². The van der Waals surface area contributed by atoms with Crippen LogP contribution >= 0.6 is 0 Å². The monoisotopic (exact) mass is 401 g/mol. The fraction of sp³-hybridized carbons (Fsp3) is 0.524. The Kier molecular flexibility index (Phi) is 5.91. The lowest BCUT2D eigenvalue weighted by molar-refractivity contribution is -0.155. The quantitative estimate of drug-likeness (QED) is 0.793. The zero-order valence-electron chi connectivity index (χ0n) is 17.2. The molecule has 156 valence electrons. The molecule has 1 aliphatic heterocycles. The Hall–Kier alpha value is -2.90. The number of aromatic amines is 1. The average Bonchev–Trinajstić information content (AvgIpc) is 2.66. The van der Waals surface area contributed by atoms with Gasteiger partial charge in [-0.1, -0.05) is 12.1 Å². The normalized spacial score (nSPS) is 16.5. The van der Waals surface area contributed by atoms with Crippen LogP contribution in [-0.4, -0.2) is 45.6 Å². The second-order valence-electron chi connectivity index (χ2n) is 8.29. The summed E-state index contributed by atoms with van der Waals surface area (Å²) in [5.41, 5.74) is -0.259. The third-order valence-electron chi connectivity index (χ3n) is 4.79. The molecule has 8 heteroatoms. The van der Waals surface area contributed by atoms with Crippen LogP contribution in [0.4, 0.5) is 4.79 Å². The van der Waals surface area contributed by atoms with Crippen molar-refractivity contribution in [3.8, 4) is 0 Å². The summed E-state index contributed by atoms with van der Waals surface area (Å²) in [4.78, 5) is 45.6. The number of rotatable bonds is 3. The zero-order chi connectivity index (χ0) is 21.2. The summed E-state index contributed by atoms with van der Waals surface area (Å²) in [5, 5.41) is 0.490. The minimum Gasteiger partial charge on any atom is -0.454 e. The van der Waals surface area contributed by atoms with Gasteiger partial charge in [-0.2, -0.15) is 0 Å². The maximum Gasteiger partial charge on any atom is 0.410 e. The van der Waals surface area contributed by atoms with Gasteiger partial charge in [0.15, 0.2) is 11.9 Å². The van der Waals surface area contributed by atoms with Gasteiger partial charge in [-0.3, -0.25) is 9.59 Å². The molecule has 0 bridgehead atoms. The van der Waals surface area contributed by atoms with Crippen molar-refractivity contribution < 1.29 is 19.1 Å². The zero-order valence-corrected chi connectivity index (χ0v) is 17.2. The molecule has 0 aliphatic carbocycles. The van der Waals surface area contributed by atoms with Crippen LogP contribution in [-0.2, 0) is 14.3 Å². The molecule has 0 spiro atoms. The lowest BCUT2D eigenvalue weighted by Gasteiger charge is -2.32. The summed E-state index contributed by atoms with van der Waals surface area (Å²) >= 11 is 0. The summed E-state index contributed by atoms with van der Waals surface area (Å²) in [6, 6.07) is 7.01. The van der Waals surface area contributed by atoms with E-state index in [4.69, 9.17) is 9.47 Å². The second-order valence-corrected chi connectivity index (χ2v) is 8.29. The first-order valence-electron chi connectivity index (χ1n) is 9.81. The van der Waals surface area contributed by atoms with Gasteiger partial charge in [0.2, 0.25) is 0 Å². The number of esters is 1. The van der Waals surface area contributed by atoms with Gasteiger partial charge in [-0.15, -0.1) is 0 Å². The first kappa shape index (κ1) is 20.8. The standard InChI is InChI=1S/C21H27N3O5/c1-13(17-22-16-8-6-5-7-15(16)18(25)23-17)28-19(26)14-9-11-24(12-10-14)20(27)29-21(2,3)4/h5-8,13-14H,9-12H2,1-4H3,(H,22,23,25)/t13-/m0/s1. The first-order valence-corrected chi connectivity index (χ1v) is 9.81. The molecule has 2 aromatic rings. The molecular formula is C21H27N3O5.